The van der Waals surface area contributed by atoms with E-state index in [-0.39, 0.29) is 11.1 Å². The van der Waals surface area contributed by atoms with Crippen molar-refractivity contribution >= 4 is 31.9 Å². The molecule has 0 aromatic heterocycles. The Morgan fingerprint density at radius 2 is 2.27 bits per heavy atom. The zero-order chi connectivity index (χ0) is 8.27. The Labute approximate surface area is 83.9 Å². The SMILES string of the molecule is CCO[C@H]1OCC[C@@H](Br)[C@H]1Br. The van der Waals surface area contributed by atoms with Crippen LogP contribution >= 0.6 is 31.9 Å². The molecule has 0 aromatic rings. The lowest BCUT2D eigenvalue weighted by atomic mass is 10.2. The molecular weight excluding hydrogens is 276 g/mol. The number of hydrogen-bond donors (Lipinski definition) is 0. The summed E-state index contributed by atoms with van der Waals surface area (Å²) in [6.45, 7) is 3.45. The van der Waals surface area contributed by atoms with Crippen molar-refractivity contribution in [1.29, 1.82) is 0 Å². The Kier molecular flexibility index (Phi) is 4.34. The van der Waals surface area contributed by atoms with E-state index in [9.17, 15) is 0 Å². The molecule has 0 spiro atoms. The molecule has 0 saturated carbocycles. The summed E-state index contributed by atoms with van der Waals surface area (Å²) < 4.78 is 10.8. The van der Waals surface area contributed by atoms with E-state index in [1.165, 1.54) is 0 Å². The first-order chi connectivity index (χ1) is 5.25. The van der Waals surface area contributed by atoms with Crippen LogP contribution in [-0.2, 0) is 9.47 Å². The highest BCUT2D eigenvalue weighted by Gasteiger charge is 2.30. The van der Waals surface area contributed by atoms with E-state index in [4.69, 9.17) is 9.47 Å². The maximum absolute atomic E-state index is 5.40. The fraction of sp³-hybridized carbons (Fsp3) is 1.00. The van der Waals surface area contributed by atoms with Crippen molar-refractivity contribution in [3.8, 4) is 0 Å². The van der Waals surface area contributed by atoms with Crippen LogP contribution < -0.4 is 0 Å². The molecule has 0 unspecified atom stereocenters. The summed E-state index contributed by atoms with van der Waals surface area (Å²) in [5.41, 5.74) is 0. The predicted molar refractivity (Wildman–Crippen MR) is 51.4 cm³/mol. The molecule has 3 atom stereocenters. The summed E-state index contributed by atoms with van der Waals surface area (Å²) in [5.74, 6) is 0. The Balaban J connectivity index is 2.38. The van der Waals surface area contributed by atoms with Gasteiger partial charge in [-0.1, -0.05) is 31.9 Å². The molecule has 0 aromatic carbocycles. The summed E-state index contributed by atoms with van der Waals surface area (Å²) in [5, 5.41) is 0. The van der Waals surface area contributed by atoms with Crippen LogP contribution in [0.3, 0.4) is 0 Å². The van der Waals surface area contributed by atoms with Gasteiger partial charge >= 0.3 is 0 Å². The van der Waals surface area contributed by atoms with Crippen LogP contribution in [0.1, 0.15) is 13.3 Å². The van der Waals surface area contributed by atoms with Crippen molar-refractivity contribution in [3.05, 3.63) is 0 Å². The maximum atomic E-state index is 5.40. The van der Waals surface area contributed by atoms with Crippen molar-refractivity contribution in [2.75, 3.05) is 13.2 Å². The standard InChI is InChI=1S/C7H12Br2O2/c1-2-10-7-6(9)5(8)3-4-11-7/h5-7H,2-4H2,1H3/t5-,6-,7+/m1/s1. The van der Waals surface area contributed by atoms with Crippen molar-refractivity contribution in [2.45, 2.75) is 29.3 Å². The molecule has 1 aliphatic heterocycles. The molecule has 1 heterocycles. The quantitative estimate of drug-likeness (QED) is 0.726. The van der Waals surface area contributed by atoms with Crippen LogP contribution in [0.2, 0.25) is 0 Å². The predicted octanol–water partition coefficient (Wildman–Crippen LogP) is 2.30. The van der Waals surface area contributed by atoms with Crippen molar-refractivity contribution in [2.24, 2.45) is 0 Å². The van der Waals surface area contributed by atoms with Gasteiger partial charge in [0.2, 0.25) is 0 Å². The topological polar surface area (TPSA) is 18.5 Å². The second-order valence-electron chi connectivity index (χ2n) is 2.44. The summed E-state index contributed by atoms with van der Waals surface area (Å²) >= 11 is 7.08. The average molecular weight is 288 g/mol. The lowest BCUT2D eigenvalue weighted by Crippen LogP contribution is -2.39. The van der Waals surface area contributed by atoms with Gasteiger partial charge in [-0.25, -0.2) is 0 Å². The molecule has 11 heavy (non-hydrogen) atoms. The van der Waals surface area contributed by atoms with Gasteiger partial charge in [-0.2, -0.15) is 0 Å². The minimum Gasteiger partial charge on any atom is -0.352 e. The zero-order valence-corrected chi connectivity index (χ0v) is 9.60. The van der Waals surface area contributed by atoms with Gasteiger partial charge in [-0.05, 0) is 13.3 Å². The van der Waals surface area contributed by atoms with Crippen LogP contribution in [0.25, 0.3) is 0 Å². The van der Waals surface area contributed by atoms with Crippen molar-refractivity contribution in [1.82, 2.24) is 0 Å². The molecule has 0 bridgehead atoms. The summed E-state index contributed by atoms with van der Waals surface area (Å²) in [4.78, 5) is 0.740. The monoisotopic (exact) mass is 286 g/mol. The third kappa shape index (κ3) is 2.68. The number of rotatable bonds is 2. The Hall–Kier alpha value is 0.880. The van der Waals surface area contributed by atoms with E-state index >= 15 is 0 Å². The second-order valence-corrected chi connectivity index (χ2v) is 4.68. The van der Waals surface area contributed by atoms with E-state index < -0.39 is 0 Å². The molecule has 1 aliphatic rings. The Bertz CT molecular complexity index is 119. The minimum absolute atomic E-state index is 0.0851. The second kappa shape index (κ2) is 4.80. The van der Waals surface area contributed by atoms with Crippen LogP contribution in [0, 0.1) is 0 Å². The highest BCUT2D eigenvalue weighted by atomic mass is 79.9. The van der Waals surface area contributed by atoms with Crippen LogP contribution in [0.4, 0.5) is 0 Å². The lowest BCUT2D eigenvalue weighted by molar-refractivity contribution is -0.151. The maximum Gasteiger partial charge on any atom is 0.171 e. The fourth-order valence-electron chi connectivity index (χ4n) is 1.02. The molecule has 0 N–H and O–H groups in total. The summed E-state index contributed by atoms with van der Waals surface area (Å²) in [6.07, 6.45) is 0.956. The van der Waals surface area contributed by atoms with E-state index in [2.05, 4.69) is 31.9 Å². The van der Waals surface area contributed by atoms with Gasteiger partial charge in [-0.15, -0.1) is 0 Å². The molecule has 4 heteroatoms. The van der Waals surface area contributed by atoms with E-state index in [0.29, 0.717) is 11.4 Å². The number of ether oxygens (including phenoxy) is 2. The smallest absolute Gasteiger partial charge is 0.171 e. The van der Waals surface area contributed by atoms with Gasteiger partial charge in [0.15, 0.2) is 6.29 Å². The normalized spacial score (nSPS) is 39.0. The zero-order valence-electron chi connectivity index (χ0n) is 6.43. The summed E-state index contributed by atoms with van der Waals surface area (Å²) in [7, 11) is 0. The van der Waals surface area contributed by atoms with Crippen LogP contribution in [0.15, 0.2) is 0 Å². The van der Waals surface area contributed by atoms with Crippen molar-refractivity contribution in [3.63, 3.8) is 0 Å². The molecule has 0 radical (unpaired) electrons. The number of halogens is 2. The molecule has 66 valence electrons. The highest BCUT2D eigenvalue weighted by molar-refractivity contribution is 9.12. The first-order valence-corrected chi connectivity index (χ1v) is 5.60. The number of hydrogen-bond acceptors (Lipinski definition) is 2. The van der Waals surface area contributed by atoms with Gasteiger partial charge in [-0.3, -0.25) is 0 Å². The Morgan fingerprint density at radius 3 is 2.91 bits per heavy atom. The van der Waals surface area contributed by atoms with Crippen LogP contribution in [0.5, 0.6) is 0 Å². The largest absolute Gasteiger partial charge is 0.352 e. The van der Waals surface area contributed by atoms with Gasteiger partial charge in [0.1, 0.15) is 0 Å². The molecule has 2 nitrogen and oxygen atoms in total. The van der Waals surface area contributed by atoms with E-state index in [1.807, 2.05) is 6.92 Å². The number of alkyl halides is 2. The van der Waals surface area contributed by atoms with E-state index in [0.717, 1.165) is 13.0 Å². The van der Waals surface area contributed by atoms with Gasteiger partial charge < -0.3 is 9.47 Å². The molecule has 1 saturated heterocycles. The fourth-order valence-corrected chi connectivity index (χ4v) is 2.03. The first kappa shape index (κ1) is 9.96. The third-order valence-corrected chi connectivity index (χ3v) is 4.42. The Morgan fingerprint density at radius 1 is 1.55 bits per heavy atom. The molecular formula is C7H12Br2O2. The molecule has 0 aliphatic carbocycles. The van der Waals surface area contributed by atoms with Crippen LogP contribution in [-0.4, -0.2) is 29.2 Å². The first-order valence-electron chi connectivity index (χ1n) is 3.77. The third-order valence-electron chi connectivity index (χ3n) is 1.61. The molecule has 1 rings (SSSR count). The van der Waals surface area contributed by atoms with E-state index in [1.54, 1.807) is 0 Å². The molecule has 1 fully saturated rings. The lowest BCUT2D eigenvalue weighted by Gasteiger charge is -2.31. The van der Waals surface area contributed by atoms with Gasteiger partial charge in [0, 0.05) is 11.4 Å². The highest BCUT2D eigenvalue weighted by Crippen LogP contribution is 2.27. The molecule has 0 amide bonds. The van der Waals surface area contributed by atoms with Gasteiger partial charge in [0.05, 0.1) is 11.4 Å². The summed E-state index contributed by atoms with van der Waals surface area (Å²) in [6, 6.07) is 0. The van der Waals surface area contributed by atoms with Crippen molar-refractivity contribution < 1.29 is 9.47 Å². The average Bonchev–Trinajstić information content (AvgIpc) is 1.99. The minimum atomic E-state index is -0.0851. The van der Waals surface area contributed by atoms with Gasteiger partial charge in [0.25, 0.3) is 0 Å².